The highest BCUT2D eigenvalue weighted by Gasteiger charge is 2.43. The number of rotatable bonds is 2. The van der Waals surface area contributed by atoms with Gasteiger partial charge >= 0.3 is 0 Å². The van der Waals surface area contributed by atoms with Crippen LogP contribution in [0.15, 0.2) is 53.4 Å². The van der Waals surface area contributed by atoms with Crippen molar-refractivity contribution in [3.05, 3.63) is 54.1 Å². The van der Waals surface area contributed by atoms with E-state index >= 15 is 0 Å². The van der Waals surface area contributed by atoms with Gasteiger partial charge in [-0.3, -0.25) is 4.31 Å². The average molecular weight is 343 g/mol. The number of hydrogen-bond donors (Lipinski definition) is 0. The molecule has 0 saturated heterocycles. The summed E-state index contributed by atoms with van der Waals surface area (Å²) in [5.74, 6) is 0.663. The fourth-order valence-corrected chi connectivity index (χ4v) is 5.41. The predicted molar refractivity (Wildman–Crippen MR) is 94.0 cm³/mol. The van der Waals surface area contributed by atoms with Crippen molar-refractivity contribution < 1.29 is 13.2 Å². The molecule has 1 heterocycles. The zero-order valence-electron chi connectivity index (χ0n) is 13.7. The van der Waals surface area contributed by atoms with Crippen LogP contribution >= 0.6 is 0 Å². The molecule has 4 nitrogen and oxygen atoms in total. The Morgan fingerprint density at radius 3 is 2.50 bits per heavy atom. The molecular formula is C19H21NO3S. The smallest absolute Gasteiger partial charge is 0.264 e. The molecule has 2 aromatic carbocycles. The first-order valence-electron chi connectivity index (χ1n) is 8.44. The minimum absolute atomic E-state index is 0.0612. The lowest BCUT2D eigenvalue weighted by atomic mass is 9.91. The van der Waals surface area contributed by atoms with Crippen molar-refractivity contribution in [2.45, 2.75) is 49.6 Å². The molecule has 0 aromatic heterocycles. The highest BCUT2D eigenvalue weighted by atomic mass is 32.2. The van der Waals surface area contributed by atoms with Crippen LogP contribution in [0.5, 0.6) is 5.75 Å². The first-order valence-corrected chi connectivity index (χ1v) is 9.88. The molecule has 1 aliphatic carbocycles. The Balaban J connectivity index is 1.85. The van der Waals surface area contributed by atoms with E-state index in [2.05, 4.69) is 0 Å². The van der Waals surface area contributed by atoms with Crippen molar-refractivity contribution in [3.63, 3.8) is 0 Å². The second-order valence-corrected chi connectivity index (χ2v) is 8.40. The number of ether oxygens (including phenoxy) is 1. The number of hydrogen-bond acceptors (Lipinski definition) is 3. The van der Waals surface area contributed by atoms with Crippen molar-refractivity contribution in [1.29, 1.82) is 0 Å². The third-order valence-corrected chi connectivity index (χ3v) is 6.78. The van der Waals surface area contributed by atoms with Gasteiger partial charge in [-0.25, -0.2) is 8.42 Å². The molecule has 2 unspecified atom stereocenters. The molecule has 1 fully saturated rings. The fourth-order valence-electron chi connectivity index (χ4n) is 3.70. The molecule has 0 N–H and O–H groups in total. The first kappa shape index (κ1) is 15.5. The van der Waals surface area contributed by atoms with Crippen molar-refractivity contribution in [2.24, 2.45) is 0 Å². The molecule has 0 spiro atoms. The number of aryl methyl sites for hydroxylation is 1. The molecule has 1 aliphatic heterocycles. The second-order valence-electron chi connectivity index (χ2n) is 6.59. The summed E-state index contributed by atoms with van der Waals surface area (Å²) in [6.45, 7) is 1.96. The van der Waals surface area contributed by atoms with E-state index in [0.717, 1.165) is 31.2 Å². The van der Waals surface area contributed by atoms with Crippen LogP contribution in [0.1, 0.15) is 31.2 Å². The molecule has 24 heavy (non-hydrogen) atoms. The van der Waals surface area contributed by atoms with Crippen molar-refractivity contribution >= 4 is 15.7 Å². The quantitative estimate of drug-likeness (QED) is 0.831. The molecule has 1 saturated carbocycles. The maximum atomic E-state index is 13.4. The van der Waals surface area contributed by atoms with Gasteiger partial charge in [0.05, 0.1) is 16.6 Å². The molecular weight excluding hydrogens is 322 g/mol. The van der Waals surface area contributed by atoms with Gasteiger partial charge in [-0.1, -0.05) is 36.2 Å². The van der Waals surface area contributed by atoms with E-state index in [1.165, 1.54) is 0 Å². The molecule has 5 heteroatoms. The Kier molecular flexibility index (Phi) is 3.76. The van der Waals surface area contributed by atoms with Crippen LogP contribution in [0.2, 0.25) is 0 Å². The van der Waals surface area contributed by atoms with Gasteiger partial charge in [-0.2, -0.15) is 0 Å². The number of anilines is 1. The summed E-state index contributed by atoms with van der Waals surface area (Å²) in [4.78, 5) is 0.342. The summed E-state index contributed by atoms with van der Waals surface area (Å²) in [7, 11) is -3.61. The predicted octanol–water partition coefficient (Wildman–Crippen LogP) is 3.89. The van der Waals surface area contributed by atoms with E-state index in [0.29, 0.717) is 16.3 Å². The van der Waals surface area contributed by atoms with Crippen molar-refractivity contribution in [3.8, 4) is 5.75 Å². The molecule has 4 rings (SSSR count). The summed E-state index contributed by atoms with van der Waals surface area (Å²) in [5.41, 5.74) is 1.70. The Morgan fingerprint density at radius 2 is 1.71 bits per heavy atom. The first-order chi connectivity index (χ1) is 11.6. The summed E-state index contributed by atoms with van der Waals surface area (Å²) in [6, 6.07) is 14.4. The topological polar surface area (TPSA) is 46.6 Å². The van der Waals surface area contributed by atoms with Crippen molar-refractivity contribution in [2.75, 3.05) is 4.31 Å². The Morgan fingerprint density at radius 1 is 1.00 bits per heavy atom. The Bertz CT molecular complexity index is 845. The summed E-state index contributed by atoms with van der Waals surface area (Å²) in [5, 5.41) is 0. The van der Waals surface area contributed by atoms with Crippen LogP contribution in [0, 0.1) is 6.92 Å². The molecule has 0 bridgehead atoms. The number of benzene rings is 2. The van der Waals surface area contributed by atoms with Crippen LogP contribution in [0.4, 0.5) is 5.69 Å². The fraction of sp³-hybridized carbons (Fsp3) is 0.368. The Hall–Kier alpha value is -2.01. The lowest BCUT2D eigenvalue weighted by Crippen LogP contribution is -2.53. The van der Waals surface area contributed by atoms with E-state index in [4.69, 9.17) is 4.74 Å². The number of sulfonamides is 1. The minimum atomic E-state index is -3.61. The van der Waals surface area contributed by atoms with E-state index in [9.17, 15) is 8.42 Å². The van der Waals surface area contributed by atoms with Gasteiger partial charge in [-0.15, -0.1) is 0 Å². The van der Waals surface area contributed by atoms with E-state index in [1.54, 1.807) is 16.4 Å². The zero-order chi connectivity index (χ0) is 16.7. The SMILES string of the molecule is Cc1ccc(S(=O)(=O)N2c3ccccc3OC3CCCCC32)cc1. The lowest BCUT2D eigenvalue weighted by Gasteiger charge is -2.44. The van der Waals surface area contributed by atoms with Crippen LogP contribution in [-0.2, 0) is 10.0 Å². The molecule has 0 radical (unpaired) electrons. The lowest BCUT2D eigenvalue weighted by molar-refractivity contribution is 0.122. The maximum absolute atomic E-state index is 13.4. The summed E-state index contributed by atoms with van der Waals surface area (Å²) < 4.78 is 34.5. The molecule has 2 atom stereocenters. The number of fused-ring (bicyclic) bond motifs is 2. The molecule has 126 valence electrons. The van der Waals surface area contributed by atoms with Crippen LogP contribution in [-0.4, -0.2) is 20.6 Å². The zero-order valence-corrected chi connectivity index (χ0v) is 14.5. The highest BCUT2D eigenvalue weighted by Crippen LogP contribution is 2.43. The monoisotopic (exact) mass is 343 g/mol. The third-order valence-electron chi connectivity index (χ3n) is 4.93. The highest BCUT2D eigenvalue weighted by molar-refractivity contribution is 7.92. The van der Waals surface area contributed by atoms with Crippen LogP contribution in [0.3, 0.4) is 0 Å². The number of para-hydroxylation sites is 2. The normalized spacial score (nSPS) is 23.1. The minimum Gasteiger partial charge on any atom is -0.486 e. The van der Waals surface area contributed by atoms with Gasteiger partial charge < -0.3 is 4.74 Å². The van der Waals surface area contributed by atoms with Gasteiger partial charge in [-0.05, 0) is 50.5 Å². The maximum Gasteiger partial charge on any atom is 0.264 e. The largest absolute Gasteiger partial charge is 0.486 e. The number of nitrogens with zero attached hydrogens (tertiary/aromatic N) is 1. The van der Waals surface area contributed by atoms with Gasteiger partial charge in [0, 0.05) is 0 Å². The van der Waals surface area contributed by atoms with Gasteiger partial charge in [0.15, 0.2) is 0 Å². The molecule has 2 aliphatic rings. The van der Waals surface area contributed by atoms with E-state index < -0.39 is 10.0 Å². The summed E-state index contributed by atoms with van der Waals surface area (Å²) in [6.07, 6.45) is 3.80. The van der Waals surface area contributed by atoms with Gasteiger partial charge in [0.2, 0.25) is 0 Å². The Labute approximate surface area is 143 Å². The summed E-state index contributed by atoms with van der Waals surface area (Å²) >= 11 is 0. The van der Waals surface area contributed by atoms with Gasteiger partial charge in [0.1, 0.15) is 11.9 Å². The van der Waals surface area contributed by atoms with Gasteiger partial charge in [0.25, 0.3) is 10.0 Å². The average Bonchev–Trinajstić information content (AvgIpc) is 2.59. The third kappa shape index (κ3) is 2.47. The van der Waals surface area contributed by atoms with Crippen LogP contribution < -0.4 is 9.04 Å². The van der Waals surface area contributed by atoms with E-state index in [1.807, 2.05) is 43.3 Å². The standard InChI is InChI=1S/C19H21NO3S/c1-14-10-12-15(13-11-14)24(21,22)20-16-6-2-4-8-18(16)23-19-9-5-3-7-17(19)20/h2,4,6,8,10-13,17,19H,3,5,7,9H2,1H3. The second kappa shape index (κ2) is 5.81. The molecule has 2 aromatic rings. The molecule has 0 amide bonds. The van der Waals surface area contributed by atoms with Crippen molar-refractivity contribution in [1.82, 2.24) is 0 Å². The van der Waals surface area contributed by atoms with Crippen LogP contribution in [0.25, 0.3) is 0 Å². The van der Waals surface area contributed by atoms with E-state index in [-0.39, 0.29) is 12.1 Å².